The molecule has 1 saturated carbocycles. The Kier molecular flexibility index (Phi) is 2.74. The molecular weight excluding hydrogens is 206 g/mol. The third kappa shape index (κ3) is 2.26. The molecule has 1 aromatic rings. The van der Waals surface area contributed by atoms with Crippen molar-refractivity contribution in [3.05, 3.63) is 35.4 Å². The van der Waals surface area contributed by atoms with Gasteiger partial charge < -0.3 is 5.32 Å². The standard InChI is InChI=1S/C16H23N/c1-12-9-14(11-17-10-12)13-3-5-15(6-4-13)16(2)7-8-16/h3-6,12,14,17H,7-11H2,1-2H3. The van der Waals surface area contributed by atoms with E-state index in [1.54, 1.807) is 0 Å². The summed E-state index contributed by atoms with van der Waals surface area (Å²) in [7, 11) is 0. The molecule has 1 nitrogen and oxygen atoms in total. The van der Waals surface area contributed by atoms with Crippen LogP contribution in [0, 0.1) is 5.92 Å². The quantitative estimate of drug-likeness (QED) is 0.819. The van der Waals surface area contributed by atoms with Crippen LogP contribution in [0.1, 0.15) is 50.2 Å². The molecule has 3 rings (SSSR count). The number of rotatable bonds is 2. The highest BCUT2D eigenvalue weighted by Gasteiger charge is 2.38. The summed E-state index contributed by atoms with van der Waals surface area (Å²) in [4.78, 5) is 0. The van der Waals surface area contributed by atoms with Crippen LogP contribution in [-0.4, -0.2) is 13.1 Å². The Morgan fingerprint density at radius 1 is 1.12 bits per heavy atom. The maximum Gasteiger partial charge on any atom is 0.00203 e. The van der Waals surface area contributed by atoms with Crippen molar-refractivity contribution in [3.8, 4) is 0 Å². The van der Waals surface area contributed by atoms with Gasteiger partial charge in [-0.05, 0) is 54.2 Å². The van der Waals surface area contributed by atoms with Gasteiger partial charge in [0.1, 0.15) is 0 Å². The second kappa shape index (κ2) is 4.13. The summed E-state index contributed by atoms with van der Waals surface area (Å²) >= 11 is 0. The van der Waals surface area contributed by atoms with Crippen LogP contribution in [0.15, 0.2) is 24.3 Å². The van der Waals surface area contributed by atoms with Crippen molar-refractivity contribution in [2.24, 2.45) is 5.92 Å². The Morgan fingerprint density at radius 2 is 1.82 bits per heavy atom. The van der Waals surface area contributed by atoms with Crippen LogP contribution in [0.4, 0.5) is 0 Å². The van der Waals surface area contributed by atoms with Crippen LogP contribution >= 0.6 is 0 Å². The first-order chi connectivity index (χ1) is 8.17. The van der Waals surface area contributed by atoms with Crippen LogP contribution in [0.25, 0.3) is 0 Å². The first kappa shape index (κ1) is 11.3. The predicted molar refractivity (Wildman–Crippen MR) is 72.4 cm³/mol. The molecule has 1 aliphatic heterocycles. The van der Waals surface area contributed by atoms with Gasteiger partial charge in [-0.25, -0.2) is 0 Å². The van der Waals surface area contributed by atoms with Gasteiger partial charge >= 0.3 is 0 Å². The molecule has 1 heterocycles. The van der Waals surface area contributed by atoms with Crippen molar-refractivity contribution in [2.75, 3.05) is 13.1 Å². The molecule has 1 aliphatic carbocycles. The minimum Gasteiger partial charge on any atom is -0.316 e. The maximum absolute atomic E-state index is 3.54. The number of benzene rings is 1. The zero-order valence-corrected chi connectivity index (χ0v) is 11.0. The van der Waals surface area contributed by atoms with Gasteiger partial charge in [-0.1, -0.05) is 38.1 Å². The van der Waals surface area contributed by atoms with Crippen molar-refractivity contribution < 1.29 is 0 Å². The third-order valence-corrected chi connectivity index (χ3v) is 4.65. The molecule has 0 amide bonds. The predicted octanol–water partition coefficient (Wildman–Crippen LogP) is 3.45. The molecular formula is C16H23N. The van der Waals surface area contributed by atoms with E-state index in [2.05, 4.69) is 43.4 Å². The minimum absolute atomic E-state index is 0.511. The van der Waals surface area contributed by atoms with Gasteiger partial charge in [0, 0.05) is 6.54 Å². The summed E-state index contributed by atoms with van der Waals surface area (Å²) in [6.07, 6.45) is 4.08. The van der Waals surface area contributed by atoms with Gasteiger partial charge in [-0.3, -0.25) is 0 Å². The number of hydrogen-bond donors (Lipinski definition) is 1. The monoisotopic (exact) mass is 229 g/mol. The van der Waals surface area contributed by atoms with Crippen LogP contribution in [0.5, 0.6) is 0 Å². The van der Waals surface area contributed by atoms with E-state index < -0.39 is 0 Å². The average Bonchev–Trinajstić information content (AvgIpc) is 3.09. The lowest BCUT2D eigenvalue weighted by Crippen LogP contribution is -2.33. The summed E-state index contributed by atoms with van der Waals surface area (Å²) in [5.41, 5.74) is 3.58. The average molecular weight is 229 g/mol. The van der Waals surface area contributed by atoms with E-state index in [0.717, 1.165) is 18.4 Å². The first-order valence-corrected chi connectivity index (χ1v) is 6.98. The zero-order valence-electron chi connectivity index (χ0n) is 11.0. The molecule has 0 aromatic heterocycles. The largest absolute Gasteiger partial charge is 0.316 e. The fourth-order valence-corrected chi connectivity index (χ4v) is 3.04. The Balaban J connectivity index is 1.75. The highest BCUT2D eigenvalue weighted by atomic mass is 14.9. The second-order valence-corrected chi connectivity index (χ2v) is 6.38. The molecule has 2 aliphatic rings. The summed E-state index contributed by atoms with van der Waals surface area (Å²) in [5, 5.41) is 3.54. The molecule has 92 valence electrons. The summed E-state index contributed by atoms with van der Waals surface area (Å²) in [6, 6.07) is 9.45. The maximum atomic E-state index is 3.54. The lowest BCUT2D eigenvalue weighted by molar-refractivity contribution is 0.364. The lowest BCUT2D eigenvalue weighted by Gasteiger charge is -2.28. The van der Waals surface area contributed by atoms with Gasteiger partial charge in [0.15, 0.2) is 0 Å². The zero-order chi connectivity index (χ0) is 11.9. The van der Waals surface area contributed by atoms with Crippen LogP contribution < -0.4 is 5.32 Å². The molecule has 1 aromatic carbocycles. The highest BCUT2D eigenvalue weighted by molar-refractivity contribution is 5.34. The molecule has 2 atom stereocenters. The SMILES string of the molecule is CC1CNCC(c2ccc(C3(C)CC3)cc2)C1. The topological polar surface area (TPSA) is 12.0 Å². The van der Waals surface area contributed by atoms with E-state index in [0.29, 0.717) is 5.41 Å². The van der Waals surface area contributed by atoms with Gasteiger partial charge in [0.2, 0.25) is 0 Å². The lowest BCUT2D eigenvalue weighted by atomic mass is 9.85. The number of nitrogens with one attached hydrogen (secondary N) is 1. The summed E-state index contributed by atoms with van der Waals surface area (Å²) in [5.74, 6) is 1.54. The molecule has 1 saturated heterocycles. The van der Waals surface area contributed by atoms with Gasteiger partial charge in [0.05, 0.1) is 0 Å². The Labute approximate surface area is 105 Å². The molecule has 0 bridgehead atoms. The van der Waals surface area contributed by atoms with Crippen molar-refractivity contribution >= 4 is 0 Å². The van der Waals surface area contributed by atoms with E-state index in [1.807, 2.05) is 0 Å². The van der Waals surface area contributed by atoms with Crippen LogP contribution in [0.2, 0.25) is 0 Å². The summed E-state index contributed by atoms with van der Waals surface area (Å²) < 4.78 is 0. The number of piperidine rings is 1. The molecule has 0 radical (unpaired) electrons. The second-order valence-electron chi connectivity index (χ2n) is 6.38. The van der Waals surface area contributed by atoms with E-state index in [4.69, 9.17) is 0 Å². The fraction of sp³-hybridized carbons (Fsp3) is 0.625. The van der Waals surface area contributed by atoms with Gasteiger partial charge in [0.25, 0.3) is 0 Å². The molecule has 17 heavy (non-hydrogen) atoms. The van der Waals surface area contributed by atoms with E-state index >= 15 is 0 Å². The van der Waals surface area contributed by atoms with E-state index in [1.165, 1.54) is 36.9 Å². The Morgan fingerprint density at radius 3 is 2.41 bits per heavy atom. The van der Waals surface area contributed by atoms with Gasteiger partial charge in [-0.15, -0.1) is 0 Å². The van der Waals surface area contributed by atoms with Crippen molar-refractivity contribution in [3.63, 3.8) is 0 Å². The van der Waals surface area contributed by atoms with E-state index in [9.17, 15) is 0 Å². The third-order valence-electron chi connectivity index (χ3n) is 4.65. The minimum atomic E-state index is 0.511. The van der Waals surface area contributed by atoms with Crippen molar-refractivity contribution in [1.82, 2.24) is 5.32 Å². The van der Waals surface area contributed by atoms with Crippen LogP contribution in [-0.2, 0) is 5.41 Å². The highest BCUT2D eigenvalue weighted by Crippen LogP contribution is 2.47. The number of hydrogen-bond acceptors (Lipinski definition) is 1. The van der Waals surface area contributed by atoms with Crippen LogP contribution in [0.3, 0.4) is 0 Å². The fourth-order valence-electron chi connectivity index (χ4n) is 3.04. The molecule has 2 unspecified atom stereocenters. The molecule has 1 N–H and O–H groups in total. The smallest absolute Gasteiger partial charge is 0.00203 e. The van der Waals surface area contributed by atoms with Gasteiger partial charge in [-0.2, -0.15) is 0 Å². The Hall–Kier alpha value is -0.820. The van der Waals surface area contributed by atoms with Crippen molar-refractivity contribution in [2.45, 2.75) is 44.4 Å². The Bertz CT molecular complexity index is 388. The normalized spacial score (nSPS) is 31.2. The van der Waals surface area contributed by atoms with Crippen molar-refractivity contribution in [1.29, 1.82) is 0 Å². The first-order valence-electron chi connectivity index (χ1n) is 6.98. The molecule has 0 spiro atoms. The summed E-state index contributed by atoms with van der Waals surface area (Å²) in [6.45, 7) is 7.07. The van der Waals surface area contributed by atoms with E-state index in [-0.39, 0.29) is 0 Å². The molecule has 1 heteroatoms. The molecule has 2 fully saturated rings.